The highest BCUT2D eigenvalue weighted by Crippen LogP contribution is 2.13. The Labute approximate surface area is 131 Å². The van der Waals surface area contributed by atoms with Crippen molar-refractivity contribution in [2.45, 2.75) is 6.42 Å². The number of anilines is 1. The molecular formula is C18H22N2O2. The monoisotopic (exact) mass is 298 g/mol. The van der Waals surface area contributed by atoms with Gasteiger partial charge in [0.25, 0.3) is 5.91 Å². The number of hydrogen-bond donors (Lipinski definition) is 1. The molecule has 0 radical (unpaired) electrons. The molecule has 0 fully saturated rings. The number of rotatable bonds is 6. The third-order valence-corrected chi connectivity index (χ3v) is 3.50. The molecule has 0 heterocycles. The van der Waals surface area contributed by atoms with Crippen molar-refractivity contribution < 1.29 is 9.53 Å². The minimum absolute atomic E-state index is 0.0624. The van der Waals surface area contributed by atoms with Crippen molar-refractivity contribution >= 4 is 11.6 Å². The molecule has 0 aromatic heterocycles. The van der Waals surface area contributed by atoms with Gasteiger partial charge in [-0.1, -0.05) is 12.1 Å². The molecule has 0 aliphatic heterocycles. The van der Waals surface area contributed by atoms with Gasteiger partial charge in [-0.2, -0.15) is 0 Å². The first-order valence-electron chi connectivity index (χ1n) is 7.28. The lowest BCUT2D eigenvalue weighted by molar-refractivity contribution is 0.0954. The number of methoxy groups -OCH3 is 1. The molecule has 2 rings (SSSR count). The fourth-order valence-electron chi connectivity index (χ4n) is 2.13. The van der Waals surface area contributed by atoms with Gasteiger partial charge in [-0.3, -0.25) is 4.79 Å². The van der Waals surface area contributed by atoms with Gasteiger partial charge in [0, 0.05) is 31.9 Å². The van der Waals surface area contributed by atoms with E-state index in [1.54, 1.807) is 31.4 Å². The number of carbonyl (C=O) groups is 1. The Bertz CT molecular complexity index is 604. The van der Waals surface area contributed by atoms with E-state index in [0.717, 1.165) is 12.2 Å². The van der Waals surface area contributed by atoms with Crippen LogP contribution in [0.3, 0.4) is 0 Å². The molecule has 4 heteroatoms. The lowest BCUT2D eigenvalue weighted by atomic mass is 10.1. The molecule has 0 aliphatic rings. The lowest BCUT2D eigenvalue weighted by Crippen LogP contribution is -2.25. The minimum Gasteiger partial charge on any atom is -0.497 e. The zero-order chi connectivity index (χ0) is 15.9. The van der Waals surface area contributed by atoms with Gasteiger partial charge in [0.2, 0.25) is 0 Å². The van der Waals surface area contributed by atoms with Gasteiger partial charge in [0.15, 0.2) is 0 Å². The van der Waals surface area contributed by atoms with Crippen LogP contribution in [0.15, 0.2) is 48.5 Å². The summed E-state index contributed by atoms with van der Waals surface area (Å²) in [6.07, 6.45) is 0.815. The van der Waals surface area contributed by atoms with Crippen molar-refractivity contribution in [1.82, 2.24) is 5.32 Å². The number of amides is 1. The molecule has 0 saturated heterocycles. The molecule has 0 aliphatic carbocycles. The molecule has 2 aromatic carbocycles. The van der Waals surface area contributed by atoms with Crippen LogP contribution in [0.1, 0.15) is 15.9 Å². The second-order valence-electron chi connectivity index (χ2n) is 5.30. The molecule has 0 saturated carbocycles. The van der Waals surface area contributed by atoms with Crippen LogP contribution >= 0.6 is 0 Å². The van der Waals surface area contributed by atoms with Crippen LogP contribution < -0.4 is 15.0 Å². The van der Waals surface area contributed by atoms with Gasteiger partial charge in [0.1, 0.15) is 5.75 Å². The Kier molecular flexibility index (Phi) is 5.42. The summed E-state index contributed by atoms with van der Waals surface area (Å²) in [4.78, 5) is 14.1. The minimum atomic E-state index is -0.0624. The Balaban J connectivity index is 1.83. The highest BCUT2D eigenvalue weighted by atomic mass is 16.5. The van der Waals surface area contributed by atoms with E-state index in [2.05, 4.69) is 34.5 Å². The fraction of sp³-hybridized carbons (Fsp3) is 0.278. The average molecular weight is 298 g/mol. The van der Waals surface area contributed by atoms with Gasteiger partial charge in [-0.05, 0) is 48.4 Å². The summed E-state index contributed by atoms with van der Waals surface area (Å²) in [5.41, 5.74) is 3.02. The zero-order valence-electron chi connectivity index (χ0n) is 13.3. The zero-order valence-corrected chi connectivity index (χ0v) is 13.3. The molecular weight excluding hydrogens is 276 g/mol. The second-order valence-corrected chi connectivity index (χ2v) is 5.30. The summed E-state index contributed by atoms with van der Waals surface area (Å²) in [5, 5.41) is 2.93. The van der Waals surface area contributed by atoms with Gasteiger partial charge in [-0.25, -0.2) is 0 Å². The maximum Gasteiger partial charge on any atom is 0.251 e. The Morgan fingerprint density at radius 2 is 1.68 bits per heavy atom. The number of nitrogens with one attached hydrogen (secondary N) is 1. The maximum atomic E-state index is 12.0. The van der Waals surface area contributed by atoms with E-state index in [9.17, 15) is 4.79 Å². The van der Waals surface area contributed by atoms with Crippen molar-refractivity contribution in [2.24, 2.45) is 0 Å². The third kappa shape index (κ3) is 4.25. The van der Waals surface area contributed by atoms with Gasteiger partial charge in [-0.15, -0.1) is 0 Å². The Morgan fingerprint density at radius 1 is 1.05 bits per heavy atom. The van der Waals surface area contributed by atoms with E-state index in [0.29, 0.717) is 12.1 Å². The van der Waals surface area contributed by atoms with Crippen molar-refractivity contribution in [3.63, 3.8) is 0 Å². The van der Waals surface area contributed by atoms with Gasteiger partial charge in [0.05, 0.1) is 7.11 Å². The summed E-state index contributed by atoms with van der Waals surface area (Å²) >= 11 is 0. The van der Waals surface area contributed by atoms with E-state index >= 15 is 0 Å². The largest absolute Gasteiger partial charge is 0.497 e. The average Bonchev–Trinajstić information content (AvgIpc) is 2.55. The van der Waals surface area contributed by atoms with Crippen LogP contribution in [0.25, 0.3) is 0 Å². The molecule has 1 amide bonds. The van der Waals surface area contributed by atoms with Crippen LogP contribution in [0.2, 0.25) is 0 Å². The Hall–Kier alpha value is -2.49. The smallest absolute Gasteiger partial charge is 0.251 e. The van der Waals surface area contributed by atoms with Gasteiger partial charge < -0.3 is 15.0 Å². The van der Waals surface area contributed by atoms with Crippen molar-refractivity contribution in [2.75, 3.05) is 32.6 Å². The number of carbonyl (C=O) groups excluding carboxylic acids is 1. The summed E-state index contributed by atoms with van der Waals surface area (Å²) in [6.45, 7) is 0.617. The van der Waals surface area contributed by atoms with E-state index in [-0.39, 0.29) is 5.91 Å². The normalized spacial score (nSPS) is 10.1. The highest BCUT2D eigenvalue weighted by Gasteiger charge is 2.05. The van der Waals surface area contributed by atoms with Crippen LogP contribution in [0, 0.1) is 0 Å². The SMILES string of the molecule is COc1ccc(C(=O)NCCc2ccc(N(C)C)cc2)cc1. The predicted molar refractivity (Wildman–Crippen MR) is 89.8 cm³/mol. The predicted octanol–water partition coefficient (Wildman–Crippen LogP) is 2.73. The molecule has 116 valence electrons. The number of hydrogen-bond acceptors (Lipinski definition) is 3. The molecule has 0 unspecified atom stereocenters. The topological polar surface area (TPSA) is 41.6 Å². The lowest BCUT2D eigenvalue weighted by Gasteiger charge is -2.12. The van der Waals surface area contributed by atoms with Crippen molar-refractivity contribution in [3.05, 3.63) is 59.7 Å². The molecule has 22 heavy (non-hydrogen) atoms. The maximum absolute atomic E-state index is 12.0. The van der Waals surface area contributed by atoms with E-state index < -0.39 is 0 Å². The van der Waals surface area contributed by atoms with Crippen LogP contribution in [0.4, 0.5) is 5.69 Å². The first-order valence-corrected chi connectivity index (χ1v) is 7.28. The summed E-state index contributed by atoms with van der Waals surface area (Å²) < 4.78 is 5.08. The van der Waals surface area contributed by atoms with Gasteiger partial charge >= 0.3 is 0 Å². The Morgan fingerprint density at radius 3 is 2.23 bits per heavy atom. The standard InChI is InChI=1S/C18H22N2O2/c1-20(2)16-8-4-14(5-9-16)12-13-19-18(21)15-6-10-17(22-3)11-7-15/h4-11H,12-13H2,1-3H3,(H,19,21). The number of benzene rings is 2. The third-order valence-electron chi connectivity index (χ3n) is 3.50. The van der Waals surface area contributed by atoms with Crippen LogP contribution in [0.5, 0.6) is 5.75 Å². The quantitative estimate of drug-likeness (QED) is 0.891. The van der Waals surface area contributed by atoms with Crippen molar-refractivity contribution in [1.29, 1.82) is 0 Å². The van der Waals surface area contributed by atoms with E-state index in [1.165, 1.54) is 11.3 Å². The molecule has 0 atom stereocenters. The molecule has 0 bridgehead atoms. The second kappa shape index (κ2) is 7.50. The van der Waals surface area contributed by atoms with Crippen LogP contribution in [-0.4, -0.2) is 33.7 Å². The first-order chi connectivity index (χ1) is 10.6. The molecule has 0 spiro atoms. The first kappa shape index (κ1) is 15.9. The summed E-state index contributed by atoms with van der Waals surface area (Å²) in [5.74, 6) is 0.685. The molecule has 2 aromatic rings. The highest BCUT2D eigenvalue weighted by molar-refractivity contribution is 5.94. The van der Waals surface area contributed by atoms with Crippen LogP contribution in [-0.2, 0) is 6.42 Å². The van der Waals surface area contributed by atoms with Crippen molar-refractivity contribution in [3.8, 4) is 5.75 Å². The number of nitrogens with zero attached hydrogens (tertiary/aromatic N) is 1. The molecule has 1 N–H and O–H groups in total. The summed E-state index contributed by atoms with van der Waals surface area (Å²) in [6, 6.07) is 15.5. The van der Waals surface area contributed by atoms with E-state index in [1.807, 2.05) is 14.1 Å². The fourth-order valence-corrected chi connectivity index (χ4v) is 2.13. The van der Waals surface area contributed by atoms with E-state index in [4.69, 9.17) is 4.74 Å². The number of ether oxygens (including phenoxy) is 1. The summed E-state index contributed by atoms with van der Waals surface area (Å²) in [7, 11) is 5.64. The molecule has 4 nitrogen and oxygen atoms in total.